The average Bonchev–Trinajstić information content (AvgIpc) is 3.12. The highest BCUT2D eigenvalue weighted by Gasteiger charge is 2.24. The Kier molecular flexibility index (Phi) is 4.92. The summed E-state index contributed by atoms with van der Waals surface area (Å²) in [5.74, 6) is 1.77. The number of H-pyrrole nitrogens is 1. The number of aromatic nitrogens is 5. The summed E-state index contributed by atoms with van der Waals surface area (Å²) in [6.07, 6.45) is 0.749. The molecule has 1 aliphatic heterocycles. The van der Waals surface area contributed by atoms with E-state index < -0.39 is 0 Å². The molecule has 0 bridgehead atoms. The monoisotopic (exact) mass is 320 g/mol. The zero-order valence-electron chi connectivity index (χ0n) is 13.9. The van der Waals surface area contributed by atoms with Crippen LogP contribution in [0.15, 0.2) is 6.07 Å². The highest BCUT2D eigenvalue weighted by molar-refractivity contribution is 5.32. The van der Waals surface area contributed by atoms with Crippen molar-refractivity contribution in [2.24, 2.45) is 7.05 Å². The molecule has 2 aromatic rings. The molecule has 1 aliphatic rings. The Morgan fingerprint density at radius 1 is 1.43 bits per heavy atom. The number of hydrogen-bond acceptors (Lipinski definition) is 6. The molecule has 0 amide bonds. The molecule has 1 atom stereocenters. The van der Waals surface area contributed by atoms with E-state index >= 15 is 0 Å². The maximum absolute atomic E-state index is 5.74. The molecule has 1 fully saturated rings. The summed E-state index contributed by atoms with van der Waals surface area (Å²) in [5.41, 5.74) is 2.02. The molecule has 0 radical (unpaired) electrons. The molecule has 0 aliphatic carbocycles. The van der Waals surface area contributed by atoms with Crippen LogP contribution in [0, 0.1) is 6.92 Å². The smallest absolute Gasteiger partial charge is 0.227 e. The molecule has 8 nitrogen and oxygen atoms in total. The Morgan fingerprint density at radius 3 is 3.04 bits per heavy atom. The third kappa shape index (κ3) is 3.70. The zero-order chi connectivity index (χ0) is 16.2. The van der Waals surface area contributed by atoms with Crippen molar-refractivity contribution in [1.82, 2.24) is 25.0 Å². The van der Waals surface area contributed by atoms with Gasteiger partial charge in [-0.25, -0.2) is 0 Å². The van der Waals surface area contributed by atoms with Crippen molar-refractivity contribution in [3.63, 3.8) is 0 Å². The van der Waals surface area contributed by atoms with Crippen molar-refractivity contribution in [3.8, 4) is 0 Å². The standard InChI is InChI=1S/C15H24N6O2/c1-4-22-10-13-9-21(5-6-23-13)15-19-18-14(20(15)3)8-12-7-11(2)16-17-12/h7,13H,4-6,8-10H2,1-3H3,(H,16,17). The molecule has 0 spiro atoms. The van der Waals surface area contributed by atoms with Gasteiger partial charge >= 0.3 is 0 Å². The van der Waals surface area contributed by atoms with Crippen molar-refractivity contribution >= 4 is 5.95 Å². The maximum Gasteiger partial charge on any atom is 0.227 e. The molecular weight excluding hydrogens is 296 g/mol. The van der Waals surface area contributed by atoms with Crippen LogP contribution in [-0.4, -0.2) is 64.0 Å². The summed E-state index contributed by atoms with van der Waals surface area (Å²) in [7, 11) is 2.00. The van der Waals surface area contributed by atoms with Crippen LogP contribution in [0.1, 0.15) is 24.1 Å². The minimum Gasteiger partial charge on any atom is -0.379 e. The molecule has 0 aromatic carbocycles. The predicted octanol–water partition coefficient (Wildman–Crippen LogP) is 0.679. The Balaban J connectivity index is 1.68. The van der Waals surface area contributed by atoms with Gasteiger partial charge in [-0.05, 0) is 19.9 Å². The second-order valence-corrected chi connectivity index (χ2v) is 5.79. The number of nitrogens with zero attached hydrogens (tertiary/aromatic N) is 5. The molecule has 126 valence electrons. The largest absolute Gasteiger partial charge is 0.379 e. The van der Waals surface area contributed by atoms with Crippen LogP contribution < -0.4 is 4.90 Å². The Morgan fingerprint density at radius 2 is 2.30 bits per heavy atom. The van der Waals surface area contributed by atoms with Crippen LogP contribution in [0.3, 0.4) is 0 Å². The van der Waals surface area contributed by atoms with Crippen LogP contribution >= 0.6 is 0 Å². The maximum atomic E-state index is 5.74. The van der Waals surface area contributed by atoms with E-state index in [1.807, 2.05) is 31.5 Å². The van der Waals surface area contributed by atoms with Gasteiger partial charge in [0, 0.05) is 32.4 Å². The van der Waals surface area contributed by atoms with E-state index in [2.05, 4.69) is 25.3 Å². The minimum atomic E-state index is 0.0813. The number of aryl methyl sites for hydroxylation is 1. The molecule has 1 saturated heterocycles. The number of hydrogen-bond donors (Lipinski definition) is 1. The Hall–Kier alpha value is -1.93. The lowest BCUT2D eigenvalue weighted by Crippen LogP contribution is -2.45. The van der Waals surface area contributed by atoms with Crippen LogP contribution in [0.25, 0.3) is 0 Å². The summed E-state index contributed by atoms with van der Waals surface area (Å²) < 4.78 is 13.2. The summed E-state index contributed by atoms with van der Waals surface area (Å²) in [5, 5.41) is 15.9. The van der Waals surface area contributed by atoms with Crippen molar-refractivity contribution in [1.29, 1.82) is 0 Å². The SMILES string of the molecule is CCOCC1CN(c2nnc(Cc3cc(C)[nH]n3)n2C)CCO1. The van der Waals surface area contributed by atoms with Gasteiger partial charge in [-0.3, -0.25) is 5.10 Å². The molecule has 3 rings (SSSR count). The number of ether oxygens (including phenoxy) is 2. The molecule has 3 heterocycles. The number of anilines is 1. The summed E-state index contributed by atoms with van der Waals surface area (Å²) in [6, 6.07) is 2.03. The summed E-state index contributed by atoms with van der Waals surface area (Å²) in [6.45, 7) is 7.57. The number of morpholine rings is 1. The fraction of sp³-hybridized carbons (Fsp3) is 0.667. The zero-order valence-corrected chi connectivity index (χ0v) is 13.9. The van der Waals surface area contributed by atoms with Gasteiger partial charge in [0.1, 0.15) is 5.82 Å². The molecular formula is C15H24N6O2. The van der Waals surface area contributed by atoms with E-state index in [1.165, 1.54) is 0 Å². The number of rotatable bonds is 6. The van der Waals surface area contributed by atoms with Gasteiger partial charge in [0.2, 0.25) is 5.95 Å². The third-order valence-electron chi connectivity index (χ3n) is 3.97. The highest BCUT2D eigenvalue weighted by Crippen LogP contribution is 2.17. The lowest BCUT2D eigenvalue weighted by molar-refractivity contribution is -0.0211. The summed E-state index contributed by atoms with van der Waals surface area (Å²) in [4.78, 5) is 2.21. The van der Waals surface area contributed by atoms with Gasteiger partial charge in [0.05, 0.1) is 31.4 Å². The van der Waals surface area contributed by atoms with E-state index in [9.17, 15) is 0 Å². The molecule has 8 heteroatoms. The normalized spacial score (nSPS) is 18.6. The first-order valence-corrected chi connectivity index (χ1v) is 8.00. The second kappa shape index (κ2) is 7.10. The van der Waals surface area contributed by atoms with Gasteiger partial charge in [0.15, 0.2) is 0 Å². The minimum absolute atomic E-state index is 0.0813. The number of nitrogens with one attached hydrogen (secondary N) is 1. The van der Waals surface area contributed by atoms with E-state index in [0.29, 0.717) is 26.2 Å². The fourth-order valence-electron chi connectivity index (χ4n) is 2.76. The van der Waals surface area contributed by atoms with Crippen molar-refractivity contribution in [2.75, 3.05) is 37.8 Å². The Labute approximate surface area is 135 Å². The topological polar surface area (TPSA) is 81.1 Å². The van der Waals surface area contributed by atoms with Gasteiger partial charge in [0.25, 0.3) is 0 Å². The van der Waals surface area contributed by atoms with E-state index in [0.717, 1.165) is 36.3 Å². The first-order chi connectivity index (χ1) is 11.2. The predicted molar refractivity (Wildman–Crippen MR) is 85.6 cm³/mol. The molecule has 1 N–H and O–H groups in total. The van der Waals surface area contributed by atoms with Crippen molar-refractivity contribution in [3.05, 3.63) is 23.3 Å². The van der Waals surface area contributed by atoms with Crippen molar-refractivity contribution in [2.45, 2.75) is 26.4 Å². The first-order valence-electron chi connectivity index (χ1n) is 8.00. The van der Waals surface area contributed by atoms with Crippen LogP contribution in [0.4, 0.5) is 5.95 Å². The van der Waals surface area contributed by atoms with Crippen molar-refractivity contribution < 1.29 is 9.47 Å². The Bertz CT molecular complexity index is 638. The van der Waals surface area contributed by atoms with E-state index in [-0.39, 0.29) is 6.10 Å². The van der Waals surface area contributed by atoms with Gasteiger partial charge in [-0.2, -0.15) is 5.10 Å². The van der Waals surface area contributed by atoms with Gasteiger partial charge in [-0.15, -0.1) is 10.2 Å². The number of aromatic amines is 1. The molecule has 2 aromatic heterocycles. The lowest BCUT2D eigenvalue weighted by atomic mass is 10.3. The van der Waals surface area contributed by atoms with Crippen LogP contribution in [0.5, 0.6) is 0 Å². The van der Waals surface area contributed by atoms with E-state index in [1.54, 1.807) is 0 Å². The average molecular weight is 320 g/mol. The van der Waals surface area contributed by atoms with Gasteiger partial charge < -0.3 is 18.9 Å². The molecule has 23 heavy (non-hydrogen) atoms. The van der Waals surface area contributed by atoms with E-state index in [4.69, 9.17) is 9.47 Å². The second-order valence-electron chi connectivity index (χ2n) is 5.79. The van der Waals surface area contributed by atoms with Crippen LogP contribution in [-0.2, 0) is 22.9 Å². The highest BCUT2D eigenvalue weighted by atomic mass is 16.5. The first kappa shape index (κ1) is 15.9. The lowest BCUT2D eigenvalue weighted by Gasteiger charge is -2.33. The molecule has 0 saturated carbocycles. The summed E-state index contributed by atoms with van der Waals surface area (Å²) >= 11 is 0. The van der Waals surface area contributed by atoms with Gasteiger partial charge in [-0.1, -0.05) is 0 Å². The van der Waals surface area contributed by atoms with Crippen LogP contribution in [0.2, 0.25) is 0 Å². The fourth-order valence-corrected chi connectivity index (χ4v) is 2.76. The third-order valence-corrected chi connectivity index (χ3v) is 3.97. The quantitative estimate of drug-likeness (QED) is 0.843. The molecule has 1 unspecified atom stereocenters.